The van der Waals surface area contributed by atoms with Crippen LogP contribution in [-0.4, -0.2) is 37.6 Å². The summed E-state index contributed by atoms with van der Waals surface area (Å²) in [7, 11) is 4.34. The number of nitrogens with zero attached hydrogens (tertiary/aromatic N) is 1. The van der Waals surface area contributed by atoms with Crippen molar-refractivity contribution in [3.8, 4) is 0 Å². The van der Waals surface area contributed by atoms with Crippen LogP contribution in [0.1, 0.15) is 25.7 Å². The van der Waals surface area contributed by atoms with E-state index in [0.29, 0.717) is 10.6 Å². The molecule has 0 atom stereocenters. The third-order valence-electron chi connectivity index (χ3n) is 3.25. The fourth-order valence-corrected chi connectivity index (χ4v) is 2.34. The summed E-state index contributed by atoms with van der Waals surface area (Å²) in [6.07, 6.45) is 5.28. The summed E-state index contributed by atoms with van der Waals surface area (Å²) in [4.78, 5) is 2.35. The number of rotatable bonds is 5. The normalized spacial score (nSPS) is 20.3. The highest BCUT2D eigenvalue weighted by atomic mass is 35.5. The molecule has 1 fully saturated rings. The van der Waals surface area contributed by atoms with E-state index in [4.69, 9.17) is 11.6 Å². The third-order valence-corrected chi connectivity index (χ3v) is 3.39. The van der Waals surface area contributed by atoms with Crippen molar-refractivity contribution < 1.29 is 0 Å². The Morgan fingerprint density at radius 1 is 1.43 bits per heavy atom. The molecular formula is C11H21ClN2. The van der Waals surface area contributed by atoms with Crippen LogP contribution in [0.3, 0.4) is 0 Å². The minimum Gasteiger partial charge on any atom is -0.310 e. The average molecular weight is 217 g/mol. The van der Waals surface area contributed by atoms with Gasteiger partial charge in [0.2, 0.25) is 0 Å². The van der Waals surface area contributed by atoms with E-state index < -0.39 is 0 Å². The minimum absolute atomic E-state index is 0.354. The van der Waals surface area contributed by atoms with Crippen LogP contribution in [0.25, 0.3) is 0 Å². The quantitative estimate of drug-likeness (QED) is 0.758. The second kappa shape index (κ2) is 5.15. The zero-order valence-electron chi connectivity index (χ0n) is 9.27. The maximum atomic E-state index is 5.72. The molecule has 1 N–H and O–H groups in total. The molecule has 0 aliphatic heterocycles. The maximum absolute atomic E-state index is 5.72. The van der Waals surface area contributed by atoms with Gasteiger partial charge in [-0.25, -0.2) is 0 Å². The number of nitrogens with one attached hydrogen (secondary N) is 1. The third kappa shape index (κ3) is 2.97. The number of hydrogen-bond acceptors (Lipinski definition) is 2. The summed E-state index contributed by atoms with van der Waals surface area (Å²) >= 11 is 5.72. The van der Waals surface area contributed by atoms with E-state index in [1.54, 1.807) is 0 Å². The van der Waals surface area contributed by atoms with Crippen LogP contribution < -0.4 is 5.32 Å². The van der Waals surface area contributed by atoms with Gasteiger partial charge in [-0.3, -0.25) is 0 Å². The first-order chi connectivity index (χ1) is 6.57. The Bertz CT molecular complexity index is 195. The van der Waals surface area contributed by atoms with E-state index in [0.717, 1.165) is 13.1 Å². The topological polar surface area (TPSA) is 15.3 Å². The van der Waals surface area contributed by atoms with E-state index in [1.165, 1.54) is 25.7 Å². The second-order valence-electron chi connectivity index (χ2n) is 4.45. The van der Waals surface area contributed by atoms with Gasteiger partial charge in [0.05, 0.1) is 0 Å². The maximum Gasteiger partial charge on any atom is 0.0328 e. The number of halogens is 1. The molecule has 3 heteroatoms. The lowest BCUT2D eigenvalue weighted by Crippen LogP contribution is -2.49. The van der Waals surface area contributed by atoms with Crippen molar-refractivity contribution in [1.29, 1.82) is 0 Å². The molecule has 0 aromatic carbocycles. The Balaban J connectivity index is 2.40. The zero-order valence-corrected chi connectivity index (χ0v) is 10.0. The number of hydrogen-bond donors (Lipinski definition) is 1. The van der Waals surface area contributed by atoms with E-state index in [2.05, 4.69) is 30.9 Å². The largest absolute Gasteiger partial charge is 0.310 e. The van der Waals surface area contributed by atoms with Gasteiger partial charge >= 0.3 is 0 Å². The van der Waals surface area contributed by atoms with Gasteiger partial charge in [-0.15, -0.1) is 0 Å². The Labute approximate surface area is 92.3 Å². The SMILES string of the molecule is C=C(Cl)CNCC1(N(C)C)CCCC1. The molecule has 0 radical (unpaired) electrons. The molecule has 1 aliphatic carbocycles. The van der Waals surface area contributed by atoms with E-state index in [-0.39, 0.29) is 0 Å². The molecule has 1 saturated carbocycles. The van der Waals surface area contributed by atoms with Gasteiger partial charge < -0.3 is 10.2 Å². The van der Waals surface area contributed by atoms with Crippen molar-refractivity contribution >= 4 is 11.6 Å². The van der Waals surface area contributed by atoms with Crippen LogP contribution in [0.4, 0.5) is 0 Å². The molecule has 1 aliphatic rings. The van der Waals surface area contributed by atoms with Crippen molar-refractivity contribution in [1.82, 2.24) is 10.2 Å². The molecule has 0 spiro atoms. The Morgan fingerprint density at radius 2 is 2.00 bits per heavy atom. The molecule has 0 saturated heterocycles. The summed E-state index contributed by atoms with van der Waals surface area (Å²) in [6, 6.07) is 0. The van der Waals surface area contributed by atoms with Crippen LogP contribution >= 0.6 is 11.6 Å². The van der Waals surface area contributed by atoms with Gasteiger partial charge in [0.1, 0.15) is 0 Å². The van der Waals surface area contributed by atoms with Crippen molar-refractivity contribution in [2.75, 3.05) is 27.2 Å². The van der Waals surface area contributed by atoms with Gasteiger partial charge in [-0.1, -0.05) is 31.0 Å². The molecule has 0 heterocycles. The van der Waals surface area contributed by atoms with Crippen molar-refractivity contribution in [2.45, 2.75) is 31.2 Å². The molecule has 1 rings (SSSR count). The second-order valence-corrected chi connectivity index (χ2v) is 4.98. The zero-order chi connectivity index (χ0) is 10.6. The summed E-state index contributed by atoms with van der Waals surface area (Å²) < 4.78 is 0. The lowest BCUT2D eigenvalue weighted by molar-refractivity contribution is 0.155. The fraction of sp³-hybridized carbons (Fsp3) is 0.818. The first-order valence-electron chi connectivity index (χ1n) is 5.28. The van der Waals surface area contributed by atoms with Gasteiger partial charge in [-0.05, 0) is 26.9 Å². The van der Waals surface area contributed by atoms with Crippen molar-refractivity contribution in [3.63, 3.8) is 0 Å². The molecule has 82 valence electrons. The van der Waals surface area contributed by atoms with Gasteiger partial charge in [0, 0.05) is 23.7 Å². The lowest BCUT2D eigenvalue weighted by Gasteiger charge is -2.36. The predicted octanol–water partition coefficient (Wildman–Crippen LogP) is 2.20. The summed E-state index contributed by atoms with van der Waals surface area (Å²) in [6.45, 7) is 5.42. The van der Waals surface area contributed by atoms with Crippen molar-refractivity contribution in [3.05, 3.63) is 11.6 Å². The molecular weight excluding hydrogens is 196 g/mol. The van der Waals surface area contributed by atoms with Gasteiger partial charge in [-0.2, -0.15) is 0 Å². The smallest absolute Gasteiger partial charge is 0.0328 e. The Kier molecular flexibility index (Phi) is 4.42. The minimum atomic E-state index is 0.354. The number of likely N-dealkylation sites (N-methyl/N-ethyl adjacent to an activating group) is 1. The Hall–Kier alpha value is -0.0500. The molecule has 2 nitrogen and oxygen atoms in total. The predicted molar refractivity (Wildman–Crippen MR) is 62.7 cm³/mol. The van der Waals surface area contributed by atoms with E-state index in [9.17, 15) is 0 Å². The molecule has 0 aromatic rings. The molecule has 0 bridgehead atoms. The first kappa shape index (κ1) is 12.0. The van der Waals surface area contributed by atoms with Crippen LogP contribution in [0.15, 0.2) is 11.6 Å². The summed E-state index contributed by atoms with van der Waals surface area (Å²) in [5, 5.41) is 4.07. The summed E-state index contributed by atoms with van der Waals surface area (Å²) in [5.41, 5.74) is 0.354. The van der Waals surface area contributed by atoms with Crippen LogP contribution in [0, 0.1) is 0 Å². The highest BCUT2D eigenvalue weighted by Crippen LogP contribution is 2.33. The van der Waals surface area contributed by atoms with E-state index in [1.807, 2.05) is 0 Å². The highest BCUT2D eigenvalue weighted by Gasteiger charge is 2.35. The Morgan fingerprint density at radius 3 is 2.43 bits per heavy atom. The fourth-order valence-electron chi connectivity index (χ4n) is 2.25. The summed E-state index contributed by atoms with van der Waals surface area (Å²) in [5.74, 6) is 0. The lowest BCUT2D eigenvalue weighted by atomic mass is 9.96. The van der Waals surface area contributed by atoms with Crippen LogP contribution in [0.5, 0.6) is 0 Å². The van der Waals surface area contributed by atoms with Gasteiger partial charge in [0.15, 0.2) is 0 Å². The molecule has 0 aromatic heterocycles. The highest BCUT2D eigenvalue weighted by molar-refractivity contribution is 6.29. The van der Waals surface area contributed by atoms with Crippen LogP contribution in [0.2, 0.25) is 0 Å². The van der Waals surface area contributed by atoms with E-state index >= 15 is 0 Å². The molecule has 14 heavy (non-hydrogen) atoms. The average Bonchev–Trinajstić information content (AvgIpc) is 2.53. The van der Waals surface area contributed by atoms with Crippen molar-refractivity contribution in [2.24, 2.45) is 0 Å². The molecule has 0 unspecified atom stereocenters. The van der Waals surface area contributed by atoms with Gasteiger partial charge in [0.25, 0.3) is 0 Å². The standard InChI is InChI=1S/C11H21ClN2/c1-10(12)8-13-9-11(14(2)3)6-4-5-7-11/h13H,1,4-9H2,2-3H3. The monoisotopic (exact) mass is 216 g/mol. The first-order valence-corrected chi connectivity index (χ1v) is 5.66. The van der Waals surface area contributed by atoms with Crippen LogP contribution in [-0.2, 0) is 0 Å². The molecule has 0 amide bonds.